The number of hydrogen-bond donors (Lipinski definition) is 2. The molecule has 2 rings (SSSR count). The zero-order valence-corrected chi connectivity index (χ0v) is 14.8. The number of carbonyl (C=O) groups is 4. The molecule has 8 heteroatoms. The highest BCUT2D eigenvalue weighted by Crippen LogP contribution is 2.29. The molecule has 1 aromatic carbocycles. The van der Waals surface area contributed by atoms with E-state index in [1.54, 1.807) is 31.2 Å². The third kappa shape index (κ3) is 3.75. The summed E-state index contributed by atoms with van der Waals surface area (Å²) < 4.78 is 5.07. The van der Waals surface area contributed by atoms with E-state index in [9.17, 15) is 19.2 Å². The molecule has 1 aliphatic rings. The number of amides is 3. The molecule has 1 aliphatic heterocycles. The van der Waals surface area contributed by atoms with Crippen molar-refractivity contribution in [3.63, 3.8) is 0 Å². The summed E-state index contributed by atoms with van der Waals surface area (Å²) in [6.07, 6.45) is -1.02. The van der Waals surface area contributed by atoms with Crippen molar-refractivity contribution >= 4 is 23.5 Å². The number of primary amides is 2. The second-order valence-corrected chi connectivity index (χ2v) is 6.61. The van der Waals surface area contributed by atoms with Crippen LogP contribution in [0.15, 0.2) is 30.3 Å². The lowest BCUT2D eigenvalue weighted by Crippen LogP contribution is -2.51. The number of ketones is 1. The van der Waals surface area contributed by atoms with Crippen LogP contribution >= 0.6 is 0 Å². The molecular weight excluding hydrogens is 338 g/mol. The topological polar surface area (TPSA) is 133 Å². The highest BCUT2D eigenvalue weighted by Gasteiger charge is 2.44. The van der Waals surface area contributed by atoms with Gasteiger partial charge >= 0.3 is 0 Å². The molecule has 0 bridgehead atoms. The Hall–Kier alpha value is -2.74. The van der Waals surface area contributed by atoms with Crippen molar-refractivity contribution in [2.75, 3.05) is 13.7 Å². The summed E-state index contributed by atoms with van der Waals surface area (Å²) in [6.45, 7) is 1.41. The first-order chi connectivity index (χ1) is 12.2. The van der Waals surface area contributed by atoms with Crippen molar-refractivity contribution in [1.29, 1.82) is 0 Å². The van der Waals surface area contributed by atoms with Crippen LogP contribution in [0.1, 0.15) is 25.3 Å². The number of benzene rings is 1. The van der Waals surface area contributed by atoms with E-state index >= 15 is 0 Å². The van der Waals surface area contributed by atoms with Crippen molar-refractivity contribution in [3.05, 3.63) is 35.9 Å². The van der Waals surface area contributed by atoms with Gasteiger partial charge in [-0.15, -0.1) is 0 Å². The molecule has 3 atom stereocenters. The maximum absolute atomic E-state index is 12.6. The molecule has 0 saturated carbocycles. The molecular formula is C18H23N3O5. The second kappa shape index (κ2) is 7.65. The number of Topliss-reactive ketones (excluding diaryl/α,β-unsaturated/α-hetero) is 1. The van der Waals surface area contributed by atoms with Gasteiger partial charge in [0.25, 0.3) is 0 Å². The fourth-order valence-corrected chi connectivity index (χ4v) is 3.08. The summed E-state index contributed by atoms with van der Waals surface area (Å²) in [4.78, 5) is 49.1. The normalized spacial score (nSPS) is 21.8. The standard InChI is InChI=1S/C18H23N3O5/c1-18(17(20)25,11-6-4-3-5-7-11)9-8-13(23)21(2)14-12(22)10-26-15(14)16(19)24/h3-7,14-15H,8-10H2,1-2H3,(H2,19,24)(H2,20,25). The molecule has 140 valence electrons. The highest BCUT2D eigenvalue weighted by atomic mass is 16.5. The van der Waals surface area contributed by atoms with Crippen LogP contribution in [0.25, 0.3) is 0 Å². The van der Waals surface area contributed by atoms with Crippen LogP contribution in [0.4, 0.5) is 0 Å². The summed E-state index contributed by atoms with van der Waals surface area (Å²) in [7, 11) is 1.42. The second-order valence-electron chi connectivity index (χ2n) is 6.61. The van der Waals surface area contributed by atoms with Crippen molar-refractivity contribution in [2.24, 2.45) is 11.5 Å². The quantitative estimate of drug-likeness (QED) is 0.675. The van der Waals surface area contributed by atoms with Gasteiger partial charge in [0.1, 0.15) is 12.6 Å². The zero-order chi connectivity index (χ0) is 19.5. The van der Waals surface area contributed by atoms with Gasteiger partial charge in [0.15, 0.2) is 11.9 Å². The molecule has 0 spiro atoms. The van der Waals surface area contributed by atoms with E-state index in [4.69, 9.17) is 16.2 Å². The molecule has 0 aromatic heterocycles. The van der Waals surface area contributed by atoms with Crippen LogP contribution < -0.4 is 11.5 Å². The number of likely N-dealkylation sites (N-methyl/N-ethyl adjacent to an activating group) is 1. The number of nitrogens with zero attached hydrogens (tertiary/aromatic N) is 1. The number of carbonyl (C=O) groups excluding carboxylic acids is 4. The summed E-state index contributed by atoms with van der Waals surface area (Å²) in [6, 6.07) is 7.90. The molecule has 0 aliphatic carbocycles. The van der Waals surface area contributed by atoms with Crippen LogP contribution in [0.3, 0.4) is 0 Å². The van der Waals surface area contributed by atoms with Crippen molar-refractivity contribution in [2.45, 2.75) is 37.3 Å². The lowest BCUT2D eigenvalue weighted by molar-refractivity contribution is -0.140. The average molecular weight is 361 g/mol. The summed E-state index contributed by atoms with van der Waals surface area (Å²) in [5, 5.41) is 0. The van der Waals surface area contributed by atoms with Gasteiger partial charge in [0, 0.05) is 13.5 Å². The van der Waals surface area contributed by atoms with Crippen LogP contribution in [0.5, 0.6) is 0 Å². The predicted molar refractivity (Wildman–Crippen MR) is 92.7 cm³/mol. The van der Waals surface area contributed by atoms with Crippen LogP contribution in [-0.2, 0) is 29.3 Å². The molecule has 3 amide bonds. The lowest BCUT2D eigenvalue weighted by atomic mass is 9.77. The maximum Gasteiger partial charge on any atom is 0.249 e. The molecule has 1 fully saturated rings. The number of ether oxygens (including phenoxy) is 1. The Morgan fingerprint density at radius 1 is 1.23 bits per heavy atom. The average Bonchev–Trinajstić information content (AvgIpc) is 3.01. The highest BCUT2D eigenvalue weighted by molar-refractivity contribution is 5.98. The largest absolute Gasteiger partial charge is 0.369 e. The Kier molecular flexibility index (Phi) is 5.76. The van der Waals surface area contributed by atoms with Gasteiger partial charge < -0.3 is 21.1 Å². The zero-order valence-electron chi connectivity index (χ0n) is 14.8. The van der Waals surface area contributed by atoms with E-state index in [1.165, 1.54) is 7.05 Å². The summed E-state index contributed by atoms with van der Waals surface area (Å²) in [5.41, 5.74) is 10.5. The molecule has 26 heavy (non-hydrogen) atoms. The van der Waals surface area contributed by atoms with Gasteiger partial charge in [-0.1, -0.05) is 30.3 Å². The molecule has 1 aromatic rings. The maximum atomic E-state index is 12.6. The predicted octanol–water partition coefficient (Wildman–Crippen LogP) is -0.510. The number of nitrogens with two attached hydrogens (primary N) is 2. The SMILES string of the molecule is CN(C(=O)CCC(C)(C(N)=O)c1ccccc1)C1C(=O)COC1C(N)=O. The van der Waals surface area contributed by atoms with Gasteiger partial charge in [-0.05, 0) is 18.9 Å². The van der Waals surface area contributed by atoms with Crippen molar-refractivity contribution < 1.29 is 23.9 Å². The fraction of sp³-hybridized carbons (Fsp3) is 0.444. The summed E-state index contributed by atoms with van der Waals surface area (Å²) in [5.74, 6) is -2.13. The van der Waals surface area contributed by atoms with Crippen molar-refractivity contribution in [3.8, 4) is 0 Å². The third-order valence-electron chi connectivity index (χ3n) is 4.91. The molecule has 3 unspecified atom stereocenters. The van der Waals surface area contributed by atoms with E-state index in [0.29, 0.717) is 5.56 Å². The van der Waals surface area contributed by atoms with Crippen molar-refractivity contribution in [1.82, 2.24) is 4.90 Å². The van der Waals surface area contributed by atoms with Gasteiger partial charge in [0.2, 0.25) is 17.7 Å². The Morgan fingerprint density at radius 2 is 1.85 bits per heavy atom. The fourth-order valence-electron chi connectivity index (χ4n) is 3.08. The molecule has 0 radical (unpaired) electrons. The number of rotatable bonds is 7. The van der Waals surface area contributed by atoms with E-state index < -0.39 is 35.3 Å². The molecule has 1 saturated heterocycles. The van der Waals surface area contributed by atoms with E-state index in [2.05, 4.69) is 0 Å². The van der Waals surface area contributed by atoms with Crippen LogP contribution in [0.2, 0.25) is 0 Å². The van der Waals surface area contributed by atoms with Gasteiger partial charge in [-0.3, -0.25) is 19.2 Å². The minimum atomic E-state index is -1.16. The van der Waals surface area contributed by atoms with Crippen LogP contribution in [0, 0.1) is 0 Å². The van der Waals surface area contributed by atoms with E-state index in [-0.39, 0.29) is 25.2 Å². The van der Waals surface area contributed by atoms with Gasteiger partial charge in [0.05, 0.1) is 5.41 Å². The van der Waals surface area contributed by atoms with E-state index in [0.717, 1.165) is 4.90 Å². The first-order valence-corrected chi connectivity index (χ1v) is 8.23. The van der Waals surface area contributed by atoms with E-state index in [1.807, 2.05) is 6.07 Å². The minimum Gasteiger partial charge on any atom is -0.369 e. The minimum absolute atomic E-state index is 0.0277. The Balaban J connectivity index is 2.12. The molecule has 4 N–H and O–H groups in total. The first kappa shape index (κ1) is 19.6. The third-order valence-corrected chi connectivity index (χ3v) is 4.91. The Morgan fingerprint density at radius 3 is 2.38 bits per heavy atom. The van der Waals surface area contributed by atoms with Gasteiger partial charge in [-0.2, -0.15) is 0 Å². The van der Waals surface area contributed by atoms with Gasteiger partial charge in [-0.25, -0.2) is 0 Å². The first-order valence-electron chi connectivity index (χ1n) is 8.23. The number of hydrogen-bond acceptors (Lipinski definition) is 5. The smallest absolute Gasteiger partial charge is 0.249 e. The Labute approximate surface area is 151 Å². The monoisotopic (exact) mass is 361 g/mol. The Bertz CT molecular complexity index is 721. The lowest BCUT2D eigenvalue weighted by Gasteiger charge is -2.29. The summed E-state index contributed by atoms with van der Waals surface area (Å²) >= 11 is 0. The molecule has 1 heterocycles. The molecule has 8 nitrogen and oxygen atoms in total. The van der Waals surface area contributed by atoms with Crippen LogP contribution in [-0.4, -0.2) is 54.2 Å².